The molecule has 0 bridgehead atoms. The Morgan fingerprint density at radius 3 is 0.878 bits per heavy atom. The third-order valence-corrected chi connectivity index (χ3v) is 3.49. The van der Waals surface area contributed by atoms with Crippen LogP contribution in [0, 0.1) is 0 Å². The zero-order valence-electron chi connectivity index (χ0n) is 26.4. The first-order chi connectivity index (χ1) is 18.4. The summed E-state index contributed by atoms with van der Waals surface area (Å²) >= 11 is 0. The van der Waals surface area contributed by atoms with E-state index in [1.54, 1.807) is 83.1 Å². The standard InChI is InChI=1S/C26H48N6O9/c1-23(2,3)38-19(33)29-17(30-20(34)39-24(4,5)6)27-13-15-37-16-14-28-18(31-21(35)40-25(7,8)9)32-22(36)41-26(10,11)12/h13-16H2,1-12H3,(H2,27,29,30,33,34)(H2,28,31,32,35,36). The summed E-state index contributed by atoms with van der Waals surface area (Å²) in [5, 5.41) is 9.48. The van der Waals surface area contributed by atoms with Crippen molar-refractivity contribution < 1.29 is 42.9 Å². The molecule has 0 fully saturated rings. The third kappa shape index (κ3) is 23.9. The first-order valence-corrected chi connectivity index (χ1v) is 13.1. The van der Waals surface area contributed by atoms with E-state index in [1.807, 2.05) is 0 Å². The smallest absolute Gasteiger partial charge is 0.414 e. The highest BCUT2D eigenvalue weighted by atomic mass is 16.6. The van der Waals surface area contributed by atoms with Crippen LogP contribution in [0.5, 0.6) is 0 Å². The quantitative estimate of drug-likeness (QED) is 0.155. The Kier molecular flexibility index (Phi) is 14.6. The zero-order chi connectivity index (χ0) is 32.1. The normalized spacial score (nSPS) is 11.8. The average molecular weight is 589 g/mol. The lowest BCUT2D eigenvalue weighted by atomic mass is 10.2. The number of nitrogens with one attached hydrogen (secondary N) is 4. The molecule has 15 nitrogen and oxygen atoms in total. The van der Waals surface area contributed by atoms with Crippen molar-refractivity contribution in [2.45, 2.75) is 105 Å². The molecule has 0 saturated carbocycles. The molecule has 0 aliphatic heterocycles. The molecule has 0 heterocycles. The molecule has 15 heteroatoms. The molecule has 41 heavy (non-hydrogen) atoms. The number of carbonyl (C=O) groups excluding carboxylic acids is 4. The van der Waals surface area contributed by atoms with E-state index in [1.165, 1.54) is 0 Å². The van der Waals surface area contributed by atoms with Gasteiger partial charge in [0.1, 0.15) is 22.4 Å². The number of hydrogen-bond donors (Lipinski definition) is 4. The summed E-state index contributed by atoms with van der Waals surface area (Å²) in [5.41, 5.74) is -3.05. The number of amides is 4. The zero-order valence-corrected chi connectivity index (χ0v) is 26.4. The Morgan fingerprint density at radius 1 is 0.463 bits per heavy atom. The second-order valence-electron chi connectivity index (χ2n) is 12.6. The van der Waals surface area contributed by atoms with Crippen LogP contribution in [-0.4, -0.2) is 85.0 Å². The van der Waals surface area contributed by atoms with Gasteiger partial charge in [0.2, 0.25) is 11.9 Å². The lowest BCUT2D eigenvalue weighted by Crippen LogP contribution is -2.47. The molecule has 4 amide bonds. The SMILES string of the molecule is CC(C)(C)OC(=O)NC(=NCCOCCN=C(NC(=O)OC(C)(C)C)NC(=O)OC(C)(C)C)NC(=O)OC(C)(C)C. The van der Waals surface area contributed by atoms with Crippen molar-refractivity contribution >= 4 is 36.3 Å². The van der Waals surface area contributed by atoms with Gasteiger partial charge in [-0.2, -0.15) is 0 Å². The maximum absolute atomic E-state index is 12.1. The van der Waals surface area contributed by atoms with Gasteiger partial charge in [0.25, 0.3) is 0 Å². The second kappa shape index (κ2) is 16.0. The number of ether oxygens (including phenoxy) is 5. The van der Waals surface area contributed by atoms with Crippen molar-refractivity contribution in [1.82, 2.24) is 21.3 Å². The minimum atomic E-state index is -0.815. The van der Waals surface area contributed by atoms with Gasteiger partial charge in [-0.25, -0.2) is 29.2 Å². The van der Waals surface area contributed by atoms with E-state index in [-0.39, 0.29) is 38.2 Å². The van der Waals surface area contributed by atoms with Gasteiger partial charge in [-0.3, -0.25) is 21.3 Å². The molecule has 0 saturated heterocycles. The highest BCUT2D eigenvalue weighted by molar-refractivity contribution is 6.02. The Hall–Kier alpha value is -3.62. The maximum Gasteiger partial charge on any atom is 0.414 e. The lowest BCUT2D eigenvalue weighted by molar-refractivity contribution is 0.0521. The number of carbonyl (C=O) groups is 4. The summed E-state index contributed by atoms with van der Waals surface area (Å²) in [6.45, 7) is 20.6. The highest BCUT2D eigenvalue weighted by Crippen LogP contribution is 2.09. The average Bonchev–Trinajstić information content (AvgIpc) is 2.66. The van der Waals surface area contributed by atoms with Crippen molar-refractivity contribution in [1.29, 1.82) is 0 Å². The molecule has 4 N–H and O–H groups in total. The molecular weight excluding hydrogens is 540 g/mol. The first-order valence-electron chi connectivity index (χ1n) is 13.1. The number of alkyl carbamates (subject to hydrolysis) is 4. The Labute approximate surface area is 242 Å². The van der Waals surface area contributed by atoms with Gasteiger partial charge in [0, 0.05) is 0 Å². The minimum Gasteiger partial charge on any atom is -0.444 e. The van der Waals surface area contributed by atoms with Gasteiger partial charge in [-0.1, -0.05) is 0 Å². The van der Waals surface area contributed by atoms with Crippen molar-refractivity contribution in [3.63, 3.8) is 0 Å². The molecule has 0 aromatic carbocycles. The molecule has 0 aliphatic carbocycles. The molecule has 0 aromatic heterocycles. The molecule has 0 atom stereocenters. The van der Waals surface area contributed by atoms with E-state index >= 15 is 0 Å². The van der Waals surface area contributed by atoms with Crippen LogP contribution in [-0.2, 0) is 23.7 Å². The summed E-state index contributed by atoms with van der Waals surface area (Å²) in [6, 6.07) is 0. The van der Waals surface area contributed by atoms with Crippen molar-refractivity contribution in [3.05, 3.63) is 0 Å². The van der Waals surface area contributed by atoms with Crippen LogP contribution < -0.4 is 21.3 Å². The molecular formula is C26H48N6O9. The molecule has 0 spiro atoms. The van der Waals surface area contributed by atoms with E-state index < -0.39 is 46.8 Å². The number of hydrogen-bond acceptors (Lipinski definition) is 11. The van der Waals surface area contributed by atoms with Gasteiger partial charge >= 0.3 is 24.4 Å². The van der Waals surface area contributed by atoms with E-state index in [0.29, 0.717) is 0 Å². The van der Waals surface area contributed by atoms with Gasteiger partial charge in [0.05, 0.1) is 26.3 Å². The number of rotatable bonds is 6. The summed E-state index contributed by atoms with van der Waals surface area (Å²) in [4.78, 5) is 56.9. The van der Waals surface area contributed by atoms with Crippen molar-refractivity contribution in [3.8, 4) is 0 Å². The van der Waals surface area contributed by atoms with E-state index in [2.05, 4.69) is 31.3 Å². The van der Waals surface area contributed by atoms with Crippen molar-refractivity contribution in [2.75, 3.05) is 26.3 Å². The predicted molar refractivity (Wildman–Crippen MR) is 153 cm³/mol. The fourth-order valence-electron chi connectivity index (χ4n) is 2.37. The maximum atomic E-state index is 12.1. The number of guanidine groups is 2. The molecule has 0 radical (unpaired) electrons. The van der Waals surface area contributed by atoms with Crippen LogP contribution in [0.1, 0.15) is 83.1 Å². The van der Waals surface area contributed by atoms with Crippen molar-refractivity contribution in [2.24, 2.45) is 9.98 Å². The Bertz CT molecular complexity index is 812. The van der Waals surface area contributed by atoms with Crippen LogP contribution in [0.3, 0.4) is 0 Å². The molecule has 236 valence electrons. The van der Waals surface area contributed by atoms with E-state index in [4.69, 9.17) is 23.7 Å². The fourth-order valence-corrected chi connectivity index (χ4v) is 2.37. The Morgan fingerprint density at radius 2 is 0.683 bits per heavy atom. The third-order valence-electron chi connectivity index (χ3n) is 3.49. The molecule has 0 aromatic rings. The van der Waals surface area contributed by atoms with E-state index in [9.17, 15) is 19.2 Å². The van der Waals surface area contributed by atoms with Gasteiger partial charge in [-0.15, -0.1) is 0 Å². The van der Waals surface area contributed by atoms with Crippen LogP contribution in [0.2, 0.25) is 0 Å². The van der Waals surface area contributed by atoms with Gasteiger partial charge in [-0.05, 0) is 83.1 Å². The fraction of sp³-hybridized carbons (Fsp3) is 0.769. The van der Waals surface area contributed by atoms with E-state index in [0.717, 1.165) is 0 Å². The highest BCUT2D eigenvalue weighted by Gasteiger charge is 2.22. The second-order valence-corrected chi connectivity index (χ2v) is 12.6. The topological polar surface area (TPSA) is 187 Å². The lowest BCUT2D eigenvalue weighted by Gasteiger charge is -2.22. The van der Waals surface area contributed by atoms with Crippen LogP contribution >= 0.6 is 0 Å². The van der Waals surface area contributed by atoms with Crippen LogP contribution in [0.15, 0.2) is 9.98 Å². The summed E-state index contributed by atoms with van der Waals surface area (Å²) in [7, 11) is 0. The number of nitrogens with zero attached hydrogens (tertiary/aromatic N) is 2. The summed E-state index contributed by atoms with van der Waals surface area (Å²) in [6.07, 6.45) is -3.26. The minimum absolute atomic E-state index is 0.0455. The Balaban J connectivity index is 5.15. The number of aliphatic imine (C=N–C) groups is 2. The monoisotopic (exact) mass is 588 g/mol. The van der Waals surface area contributed by atoms with Gasteiger partial charge < -0.3 is 23.7 Å². The molecule has 0 unspecified atom stereocenters. The first kappa shape index (κ1) is 37.4. The molecule has 0 aliphatic rings. The van der Waals surface area contributed by atoms with Crippen LogP contribution in [0.4, 0.5) is 19.2 Å². The summed E-state index contributed by atoms with van der Waals surface area (Å²) < 4.78 is 26.3. The van der Waals surface area contributed by atoms with Crippen LogP contribution in [0.25, 0.3) is 0 Å². The largest absolute Gasteiger partial charge is 0.444 e. The molecule has 0 rings (SSSR count). The van der Waals surface area contributed by atoms with Gasteiger partial charge in [0.15, 0.2) is 0 Å². The predicted octanol–water partition coefficient (Wildman–Crippen LogP) is 3.81. The summed E-state index contributed by atoms with van der Waals surface area (Å²) in [5.74, 6) is -0.360.